The normalized spacial score (nSPS) is 19.6. The molecule has 1 aliphatic heterocycles. The van der Waals surface area contributed by atoms with E-state index in [1.807, 2.05) is 45.9 Å². The first-order chi connectivity index (χ1) is 15.1. The minimum absolute atomic E-state index is 0.0128. The van der Waals surface area contributed by atoms with Crippen LogP contribution in [-0.4, -0.2) is 61.8 Å². The van der Waals surface area contributed by atoms with Gasteiger partial charge < -0.3 is 20.5 Å². The smallest absolute Gasteiger partial charge is 0.270 e. The van der Waals surface area contributed by atoms with E-state index in [9.17, 15) is 15.0 Å². The maximum atomic E-state index is 12.6. The second-order valence-corrected chi connectivity index (χ2v) is 9.87. The molecular formula is C25H32N4O3. The number of hydrogen-bond acceptors (Lipinski definition) is 5. The van der Waals surface area contributed by atoms with Gasteiger partial charge in [0.1, 0.15) is 5.69 Å². The van der Waals surface area contributed by atoms with Crippen molar-refractivity contribution in [3.8, 4) is 11.3 Å². The molecule has 1 aliphatic rings. The lowest BCUT2D eigenvalue weighted by atomic mass is 10.1. The molecule has 1 amide bonds. The van der Waals surface area contributed by atoms with Crippen LogP contribution in [0.4, 0.5) is 0 Å². The Morgan fingerprint density at radius 2 is 2.03 bits per heavy atom. The highest BCUT2D eigenvalue weighted by atomic mass is 16.3. The first-order valence-electron chi connectivity index (χ1n) is 11.1. The molecule has 7 nitrogen and oxygen atoms in total. The van der Waals surface area contributed by atoms with Crippen LogP contribution in [0.2, 0.25) is 0 Å². The number of nitrogens with zero attached hydrogens (tertiary/aromatic N) is 2. The molecule has 1 fully saturated rings. The summed E-state index contributed by atoms with van der Waals surface area (Å²) in [6.45, 7) is 9.07. The molecular weight excluding hydrogens is 404 g/mol. The number of aromatic amines is 1. The van der Waals surface area contributed by atoms with E-state index in [0.717, 1.165) is 33.4 Å². The number of carbonyl (C=O) groups excluding carboxylic acids is 1. The van der Waals surface area contributed by atoms with E-state index in [0.29, 0.717) is 25.2 Å². The van der Waals surface area contributed by atoms with E-state index in [2.05, 4.69) is 32.3 Å². The molecule has 0 aliphatic carbocycles. The van der Waals surface area contributed by atoms with Crippen molar-refractivity contribution in [1.82, 2.24) is 20.2 Å². The van der Waals surface area contributed by atoms with Gasteiger partial charge in [0.25, 0.3) is 5.91 Å². The highest BCUT2D eigenvalue weighted by Gasteiger charge is 2.30. The number of likely N-dealkylation sites (tertiary alicyclic amines) is 1. The number of pyridine rings is 1. The summed E-state index contributed by atoms with van der Waals surface area (Å²) in [5, 5.41) is 23.5. The van der Waals surface area contributed by atoms with Gasteiger partial charge in [0.15, 0.2) is 0 Å². The molecule has 2 aromatic heterocycles. The quantitative estimate of drug-likeness (QED) is 0.493. The average Bonchev–Trinajstić information content (AvgIpc) is 3.27. The predicted molar refractivity (Wildman–Crippen MR) is 125 cm³/mol. The molecule has 1 aromatic carbocycles. The number of benzene rings is 1. The van der Waals surface area contributed by atoms with Crippen molar-refractivity contribution in [3.05, 3.63) is 53.3 Å². The zero-order valence-electron chi connectivity index (χ0n) is 19.1. The lowest BCUT2D eigenvalue weighted by Gasteiger charge is -2.21. The minimum atomic E-state index is -0.389. The highest BCUT2D eigenvalue weighted by Crippen LogP contribution is 2.27. The maximum absolute atomic E-state index is 12.6. The summed E-state index contributed by atoms with van der Waals surface area (Å²) in [5.74, 6) is -0.182. The number of β-amino-alcohol motifs (C(OH)–C–C–N with tert-alkyl or cyclic N) is 1. The lowest BCUT2D eigenvalue weighted by Crippen LogP contribution is -2.41. The summed E-state index contributed by atoms with van der Waals surface area (Å²) < 4.78 is 0. The molecule has 4 N–H and O–H groups in total. The third kappa shape index (κ3) is 5.01. The molecule has 4 rings (SSSR count). The van der Waals surface area contributed by atoms with Gasteiger partial charge in [-0.1, -0.05) is 6.07 Å². The predicted octanol–water partition coefficient (Wildman–Crippen LogP) is 2.99. The highest BCUT2D eigenvalue weighted by molar-refractivity contribution is 5.94. The Balaban J connectivity index is 1.60. The second-order valence-electron chi connectivity index (χ2n) is 9.87. The molecule has 2 atom stereocenters. The number of amides is 1. The van der Waals surface area contributed by atoms with Gasteiger partial charge in [0.05, 0.1) is 18.4 Å². The third-order valence-corrected chi connectivity index (χ3v) is 5.75. The summed E-state index contributed by atoms with van der Waals surface area (Å²) >= 11 is 0. The molecule has 170 valence electrons. The first-order valence-corrected chi connectivity index (χ1v) is 11.1. The fraction of sp³-hybridized carbons (Fsp3) is 0.440. The van der Waals surface area contributed by atoms with Gasteiger partial charge in [0.2, 0.25) is 0 Å². The fourth-order valence-corrected chi connectivity index (χ4v) is 4.33. The van der Waals surface area contributed by atoms with Crippen LogP contribution in [0.3, 0.4) is 0 Å². The number of aliphatic hydroxyl groups excluding tert-OH is 2. The van der Waals surface area contributed by atoms with Gasteiger partial charge in [-0.2, -0.15) is 0 Å². The number of aryl methyl sites for hydroxylation is 1. The van der Waals surface area contributed by atoms with Crippen molar-refractivity contribution in [2.45, 2.75) is 58.3 Å². The summed E-state index contributed by atoms with van der Waals surface area (Å²) in [4.78, 5) is 22.8. The van der Waals surface area contributed by atoms with Crippen LogP contribution in [0.5, 0.6) is 0 Å². The molecule has 32 heavy (non-hydrogen) atoms. The SMILES string of the molecule is Cc1cc(C(=O)NC(C)(C)C)nc(-c2ccc3[nH]c(CN4C[C@H](O)C[C@@H]4CO)cc3c2)c1. The molecule has 0 spiro atoms. The number of rotatable bonds is 5. The van der Waals surface area contributed by atoms with Gasteiger partial charge in [-0.15, -0.1) is 0 Å². The van der Waals surface area contributed by atoms with Gasteiger partial charge in [-0.25, -0.2) is 4.98 Å². The van der Waals surface area contributed by atoms with Crippen molar-refractivity contribution in [2.75, 3.05) is 13.2 Å². The number of aromatic nitrogens is 2. The van der Waals surface area contributed by atoms with E-state index >= 15 is 0 Å². The number of carbonyl (C=O) groups is 1. The fourth-order valence-electron chi connectivity index (χ4n) is 4.33. The van der Waals surface area contributed by atoms with Gasteiger partial charge >= 0.3 is 0 Å². The van der Waals surface area contributed by atoms with Crippen LogP contribution in [0.15, 0.2) is 36.4 Å². The molecule has 3 aromatic rings. The Hall–Kier alpha value is -2.74. The topological polar surface area (TPSA) is 101 Å². The van der Waals surface area contributed by atoms with Gasteiger partial charge in [0, 0.05) is 46.8 Å². The zero-order valence-corrected chi connectivity index (χ0v) is 19.1. The molecule has 0 bridgehead atoms. The summed E-state index contributed by atoms with van der Waals surface area (Å²) in [5.41, 5.74) is 4.82. The summed E-state index contributed by atoms with van der Waals surface area (Å²) in [6.07, 6.45) is 0.214. The molecule has 0 saturated carbocycles. The van der Waals surface area contributed by atoms with Crippen LogP contribution in [-0.2, 0) is 6.54 Å². The molecule has 0 unspecified atom stereocenters. The van der Waals surface area contributed by atoms with Crippen molar-refractivity contribution in [1.29, 1.82) is 0 Å². The van der Waals surface area contributed by atoms with Gasteiger partial charge in [-0.05, 0) is 70.0 Å². The zero-order chi connectivity index (χ0) is 23.0. The Bertz CT molecular complexity index is 1130. The van der Waals surface area contributed by atoms with Crippen molar-refractivity contribution >= 4 is 16.8 Å². The van der Waals surface area contributed by atoms with Crippen molar-refractivity contribution in [3.63, 3.8) is 0 Å². The van der Waals surface area contributed by atoms with Crippen molar-refractivity contribution < 1.29 is 15.0 Å². The van der Waals surface area contributed by atoms with E-state index < -0.39 is 0 Å². The number of aliphatic hydroxyl groups is 2. The molecule has 1 saturated heterocycles. The Morgan fingerprint density at radius 3 is 2.75 bits per heavy atom. The van der Waals surface area contributed by atoms with Gasteiger partial charge in [-0.3, -0.25) is 9.69 Å². The summed E-state index contributed by atoms with van der Waals surface area (Å²) in [7, 11) is 0. The number of hydrogen-bond donors (Lipinski definition) is 4. The van der Waals surface area contributed by atoms with Crippen molar-refractivity contribution in [2.24, 2.45) is 0 Å². The Labute approximate surface area is 188 Å². The third-order valence-electron chi connectivity index (χ3n) is 5.75. The van der Waals surface area contributed by atoms with Crippen LogP contribution in [0.25, 0.3) is 22.2 Å². The Morgan fingerprint density at radius 1 is 1.25 bits per heavy atom. The average molecular weight is 437 g/mol. The van der Waals surface area contributed by atoms with Crippen LogP contribution in [0, 0.1) is 6.92 Å². The van der Waals surface area contributed by atoms with Crippen LogP contribution < -0.4 is 5.32 Å². The molecule has 3 heterocycles. The van der Waals surface area contributed by atoms with E-state index in [1.54, 1.807) is 6.07 Å². The standard InChI is InChI=1S/C25H32N4O3/c1-15-7-22(27-23(8-15)24(32)28-25(2,3)4)16-5-6-21-17(9-16)10-18(26-21)12-29-13-20(31)11-19(29)14-30/h5-10,19-20,26,30-31H,11-14H2,1-4H3,(H,28,32)/t19-,20-/m1/s1. The van der Waals surface area contributed by atoms with E-state index in [1.165, 1.54) is 0 Å². The van der Waals surface area contributed by atoms with E-state index in [-0.39, 0.29) is 30.2 Å². The number of nitrogens with one attached hydrogen (secondary N) is 2. The minimum Gasteiger partial charge on any atom is -0.395 e. The second kappa shape index (κ2) is 8.65. The Kier molecular flexibility index (Phi) is 6.07. The van der Waals surface area contributed by atoms with Crippen LogP contribution >= 0.6 is 0 Å². The molecule has 0 radical (unpaired) electrons. The van der Waals surface area contributed by atoms with E-state index in [4.69, 9.17) is 0 Å². The first kappa shape index (κ1) is 22.5. The van der Waals surface area contributed by atoms with Crippen LogP contribution in [0.1, 0.15) is 48.9 Å². The number of H-pyrrole nitrogens is 1. The largest absolute Gasteiger partial charge is 0.395 e. The molecule has 7 heteroatoms. The summed E-state index contributed by atoms with van der Waals surface area (Å²) in [6, 6.07) is 12.0. The lowest BCUT2D eigenvalue weighted by molar-refractivity contribution is 0.0914. The maximum Gasteiger partial charge on any atom is 0.270 e. The monoisotopic (exact) mass is 436 g/mol. The number of fused-ring (bicyclic) bond motifs is 1.